The Morgan fingerprint density at radius 2 is 1.64 bits per heavy atom. The minimum absolute atomic E-state index is 0.120. The average molecular weight is 294 g/mol. The SMILES string of the molecule is O=C(ONNc1ccccc1)c1c(O)ccc2ccccc12. The first-order chi connectivity index (χ1) is 10.8. The Kier molecular flexibility index (Phi) is 3.89. The molecule has 0 aromatic heterocycles. The van der Waals surface area contributed by atoms with E-state index in [-0.39, 0.29) is 11.3 Å². The van der Waals surface area contributed by atoms with Crippen LogP contribution in [0.5, 0.6) is 5.75 Å². The van der Waals surface area contributed by atoms with E-state index in [1.807, 2.05) is 42.5 Å². The monoisotopic (exact) mass is 294 g/mol. The summed E-state index contributed by atoms with van der Waals surface area (Å²) in [5.74, 6) is -0.789. The fraction of sp³-hybridized carbons (Fsp3) is 0. The van der Waals surface area contributed by atoms with Crippen molar-refractivity contribution in [2.75, 3.05) is 5.43 Å². The third-order valence-corrected chi connectivity index (χ3v) is 3.22. The lowest BCUT2D eigenvalue weighted by Gasteiger charge is -2.10. The second-order valence-electron chi connectivity index (χ2n) is 4.66. The maximum absolute atomic E-state index is 12.2. The van der Waals surface area contributed by atoms with Crippen molar-refractivity contribution in [3.63, 3.8) is 0 Å². The predicted octanol–water partition coefficient (Wildman–Crippen LogP) is 3.23. The van der Waals surface area contributed by atoms with Crippen LogP contribution in [0.4, 0.5) is 5.69 Å². The first kappa shape index (κ1) is 13.9. The summed E-state index contributed by atoms with van der Waals surface area (Å²) >= 11 is 0. The number of hydrogen-bond acceptors (Lipinski definition) is 5. The number of phenols is 1. The summed E-state index contributed by atoms with van der Waals surface area (Å²) in [6.45, 7) is 0. The molecule has 0 amide bonds. The van der Waals surface area contributed by atoms with Crippen LogP contribution in [0.25, 0.3) is 10.8 Å². The van der Waals surface area contributed by atoms with E-state index in [9.17, 15) is 9.90 Å². The number of anilines is 1. The summed E-state index contributed by atoms with van der Waals surface area (Å²) < 4.78 is 0. The highest BCUT2D eigenvalue weighted by Crippen LogP contribution is 2.27. The second-order valence-corrected chi connectivity index (χ2v) is 4.66. The molecule has 0 aliphatic rings. The molecular formula is C17H14N2O3. The third kappa shape index (κ3) is 2.84. The molecular weight excluding hydrogens is 280 g/mol. The number of carbonyl (C=O) groups excluding carboxylic acids is 1. The van der Waals surface area contributed by atoms with Gasteiger partial charge in [0.1, 0.15) is 11.3 Å². The molecule has 0 heterocycles. The van der Waals surface area contributed by atoms with Crippen LogP contribution in [-0.2, 0) is 4.84 Å². The van der Waals surface area contributed by atoms with Gasteiger partial charge in [0.2, 0.25) is 0 Å². The standard InChI is InChI=1S/C17H14N2O3/c20-15-11-10-12-6-4-5-9-14(12)16(15)17(21)22-19-18-13-7-2-1-3-8-13/h1-11,18-20H. The largest absolute Gasteiger partial charge is 0.507 e. The Bertz CT molecular complexity index is 803. The molecule has 0 saturated carbocycles. The van der Waals surface area contributed by atoms with Crippen LogP contribution in [0, 0.1) is 0 Å². The van der Waals surface area contributed by atoms with Crippen molar-refractivity contribution in [1.29, 1.82) is 0 Å². The van der Waals surface area contributed by atoms with Crippen molar-refractivity contribution in [2.45, 2.75) is 0 Å². The maximum atomic E-state index is 12.2. The smallest absolute Gasteiger partial charge is 0.362 e. The maximum Gasteiger partial charge on any atom is 0.362 e. The van der Waals surface area contributed by atoms with Gasteiger partial charge in [-0.2, -0.15) is 0 Å². The number of fused-ring (bicyclic) bond motifs is 1. The highest BCUT2D eigenvalue weighted by atomic mass is 16.7. The van der Waals surface area contributed by atoms with E-state index in [0.29, 0.717) is 5.39 Å². The van der Waals surface area contributed by atoms with Crippen LogP contribution >= 0.6 is 0 Å². The Labute approximate surface area is 127 Å². The number of carbonyl (C=O) groups is 1. The number of phenolic OH excluding ortho intramolecular Hbond substituents is 1. The van der Waals surface area contributed by atoms with Crippen molar-refractivity contribution < 1.29 is 14.7 Å². The summed E-state index contributed by atoms with van der Waals surface area (Å²) in [4.78, 5) is 17.1. The molecule has 0 saturated heterocycles. The molecule has 5 heteroatoms. The number of hydrogen-bond donors (Lipinski definition) is 3. The molecule has 0 bridgehead atoms. The van der Waals surface area contributed by atoms with E-state index in [0.717, 1.165) is 11.1 Å². The van der Waals surface area contributed by atoms with Gasteiger partial charge in [-0.25, -0.2) is 4.79 Å². The molecule has 3 rings (SSSR count). The molecule has 0 unspecified atom stereocenters. The molecule has 0 radical (unpaired) electrons. The highest BCUT2D eigenvalue weighted by molar-refractivity contribution is 6.06. The van der Waals surface area contributed by atoms with E-state index in [1.165, 1.54) is 6.07 Å². The molecule has 0 aliphatic carbocycles. The fourth-order valence-electron chi connectivity index (χ4n) is 2.18. The topological polar surface area (TPSA) is 70.6 Å². The van der Waals surface area contributed by atoms with Gasteiger partial charge in [-0.3, -0.25) is 5.43 Å². The van der Waals surface area contributed by atoms with Gasteiger partial charge < -0.3 is 9.94 Å². The molecule has 3 aromatic carbocycles. The van der Waals surface area contributed by atoms with E-state index in [1.54, 1.807) is 18.2 Å². The summed E-state index contributed by atoms with van der Waals surface area (Å²) in [6.07, 6.45) is 0. The number of aromatic hydroxyl groups is 1. The van der Waals surface area contributed by atoms with E-state index in [4.69, 9.17) is 4.84 Å². The van der Waals surface area contributed by atoms with Crippen LogP contribution < -0.4 is 11.0 Å². The molecule has 5 nitrogen and oxygen atoms in total. The van der Waals surface area contributed by atoms with Gasteiger partial charge in [0.25, 0.3) is 0 Å². The minimum atomic E-state index is -0.669. The zero-order chi connectivity index (χ0) is 15.4. The molecule has 22 heavy (non-hydrogen) atoms. The Morgan fingerprint density at radius 3 is 2.45 bits per heavy atom. The molecule has 0 spiro atoms. The Morgan fingerprint density at radius 1 is 0.909 bits per heavy atom. The van der Waals surface area contributed by atoms with Crippen LogP contribution in [0.2, 0.25) is 0 Å². The first-order valence-corrected chi connectivity index (χ1v) is 6.73. The number of nitrogens with one attached hydrogen (secondary N) is 2. The second kappa shape index (κ2) is 6.15. The number of para-hydroxylation sites is 1. The fourth-order valence-corrected chi connectivity index (χ4v) is 2.18. The van der Waals surface area contributed by atoms with Crippen molar-refractivity contribution in [2.24, 2.45) is 0 Å². The van der Waals surface area contributed by atoms with Gasteiger partial charge in [-0.1, -0.05) is 54.1 Å². The predicted molar refractivity (Wildman–Crippen MR) is 84.2 cm³/mol. The molecule has 110 valence electrons. The average Bonchev–Trinajstić information content (AvgIpc) is 2.55. The van der Waals surface area contributed by atoms with Crippen molar-refractivity contribution >= 4 is 22.4 Å². The van der Waals surface area contributed by atoms with Gasteiger partial charge in [-0.05, 0) is 23.6 Å². The Balaban J connectivity index is 1.76. The van der Waals surface area contributed by atoms with Gasteiger partial charge in [0, 0.05) is 5.39 Å². The van der Waals surface area contributed by atoms with Crippen molar-refractivity contribution in [3.8, 4) is 5.75 Å². The van der Waals surface area contributed by atoms with Crippen LogP contribution in [0.3, 0.4) is 0 Å². The lowest BCUT2D eigenvalue weighted by atomic mass is 10.0. The van der Waals surface area contributed by atoms with Gasteiger partial charge in [-0.15, -0.1) is 0 Å². The molecule has 0 atom stereocenters. The van der Waals surface area contributed by atoms with E-state index >= 15 is 0 Å². The molecule has 0 aliphatic heterocycles. The normalized spacial score (nSPS) is 10.4. The van der Waals surface area contributed by atoms with Crippen LogP contribution in [-0.4, -0.2) is 11.1 Å². The van der Waals surface area contributed by atoms with Gasteiger partial charge in [0.05, 0.1) is 5.69 Å². The van der Waals surface area contributed by atoms with Crippen molar-refractivity contribution in [1.82, 2.24) is 5.59 Å². The lowest BCUT2D eigenvalue weighted by molar-refractivity contribution is 0.0306. The van der Waals surface area contributed by atoms with Crippen LogP contribution in [0.1, 0.15) is 10.4 Å². The Hall–Kier alpha value is -3.05. The zero-order valence-electron chi connectivity index (χ0n) is 11.6. The third-order valence-electron chi connectivity index (χ3n) is 3.22. The lowest BCUT2D eigenvalue weighted by Crippen LogP contribution is -2.26. The number of benzene rings is 3. The highest BCUT2D eigenvalue weighted by Gasteiger charge is 2.16. The first-order valence-electron chi connectivity index (χ1n) is 6.73. The molecule has 0 fully saturated rings. The summed E-state index contributed by atoms with van der Waals surface area (Å²) in [5, 5.41) is 11.4. The van der Waals surface area contributed by atoms with Gasteiger partial charge in [0.15, 0.2) is 0 Å². The summed E-state index contributed by atoms with van der Waals surface area (Å²) in [6, 6.07) is 19.7. The van der Waals surface area contributed by atoms with E-state index in [2.05, 4.69) is 11.0 Å². The number of rotatable bonds is 4. The summed E-state index contributed by atoms with van der Waals surface area (Å²) in [5.41, 5.74) is 5.99. The summed E-state index contributed by atoms with van der Waals surface area (Å²) in [7, 11) is 0. The number of hydrazine groups is 1. The molecule has 3 N–H and O–H groups in total. The van der Waals surface area contributed by atoms with E-state index < -0.39 is 5.97 Å². The van der Waals surface area contributed by atoms with Crippen LogP contribution in [0.15, 0.2) is 66.7 Å². The molecule has 3 aromatic rings. The quantitative estimate of drug-likeness (QED) is 0.644. The zero-order valence-corrected chi connectivity index (χ0v) is 11.6. The minimum Gasteiger partial charge on any atom is -0.507 e. The van der Waals surface area contributed by atoms with Crippen molar-refractivity contribution in [3.05, 3.63) is 72.3 Å². The van der Waals surface area contributed by atoms with Gasteiger partial charge >= 0.3 is 5.97 Å².